The van der Waals surface area contributed by atoms with Crippen molar-refractivity contribution >= 4 is 5.91 Å². The van der Waals surface area contributed by atoms with Gasteiger partial charge < -0.3 is 9.64 Å². The van der Waals surface area contributed by atoms with Crippen LogP contribution in [-0.2, 0) is 0 Å². The quantitative estimate of drug-likeness (QED) is 0.681. The maximum atomic E-state index is 13.5. The lowest BCUT2D eigenvalue weighted by atomic mass is 9.98. The van der Waals surface area contributed by atoms with E-state index in [1.807, 2.05) is 30.5 Å². The van der Waals surface area contributed by atoms with Crippen LogP contribution in [0, 0.1) is 0 Å². The van der Waals surface area contributed by atoms with E-state index in [0.29, 0.717) is 0 Å². The monoisotopic (exact) mass is 371 g/mol. The predicted molar refractivity (Wildman–Crippen MR) is 107 cm³/mol. The van der Waals surface area contributed by atoms with Crippen LogP contribution in [0.25, 0.3) is 11.1 Å². The smallest absolute Gasteiger partial charge is 0.255 e. The van der Waals surface area contributed by atoms with Gasteiger partial charge in [0.2, 0.25) is 0 Å². The molecule has 0 fully saturated rings. The molecule has 140 valence electrons. The first-order valence-corrected chi connectivity index (χ1v) is 9.51. The fourth-order valence-electron chi connectivity index (χ4n) is 4.36. The van der Waals surface area contributed by atoms with Crippen LogP contribution >= 0.6 is 0 Å². The van der Waals surface area contributed by atoms with Crippen molar-refractivity contribution in [2.75, 3.05) is 7.11 Å². The average molecular weight is 371 g/mol. The molecule has 3 aromatic rings. The van der Waals surface area contributed by atoms with E-state index in [1.54, 1.807) is 13.3 Å². The van der Waals surface area contributed by atoms with Crippen LogP contribution in [0.2, 0.25) is 0 Å². The first kappa shape index (κ1) is 16.8. The number of hydrogen-bond donors (Lipinski definition) is 1. The number of nitrogens with zero attached hydrogens (tertiary/aromatic N) is 2. The van der Waals surface area contributed by atoms with Crippen LogP contribution in [0.15, 0.2) is 67.0 Å². The predicted octanol–water partition coefficient (Wildman–Crippen LogP) is 4.67. The summed E-state index contributed by atoms with van der Waals surface area (Å²) in [6.07, 6.45) is 9.66. The number of ether oxygens (including phenoxy) is 1. The van der Waals surface area contributed by atoms with Gasteiger partial charge in [0, 0.05) is 17.3 Å². The Morgan fingerprint density at radius 2 is 1.93 bits per heavy atom. The van der Waals surface area contributed by atoms with Gasteiger partial charge in [-0.25, -0.2) is 0 Å². The summed E-state index contributed by atoms with van der Waals surface area (Å²) in [6, 6.07) is 14.3. The van der Waals surface area contributed by atoms with Crippen molar-refractivity contribution in [3.05, 3.63) is 83.7 Å². The summed E-state index contributed by atoms with van der Waals surface area (Å²) in [5, 5.41) is 6.86. The third-order valence-electron chi connectivity index (χ3n) is 5.74. The van der Waals surface area contributed by atoms with E-state index in [0.717, 1.165) is 46.4 Å². The van der Waals surface area contributed by atoms with Gasteiger partial charge in [-0.05, 0) is 47.7 Å². The first-order valence-electron chi connectivity index (χ1n) is 9.51. The molecule has 5 rings (SSSR count). The van der Waals surface area contributed by atoms with Crippen molar-refractivity contribution in [1.82, 2.24) is 15.1 Å². The van der Waals surface area contributed by atoms with E-state index in [2.05, 4.69) is 45.4 Å². The number of carbonyl (C=O) groups excluding carboxylic acids is 1. The molecule has 0 saturated heterocycles. The first-order chi connectivity index (χ1) is 13.8. The summed E-state index contributed by atoms with van der Waals surface area (Å²) >= 11 is 0. The second-order valence-electron chi connectivity index (χ2n) is 7.25. The number of amides is 1. The third kappa shape index (κ3) is 2.62. The van der Waals surface area contributed by atoms with Gasteiger partial charge in [-0.1, -0.05) is 36.4 Å². The molecule has 1 aromatic heterocycles. The van der Waals surface area contributed by atoms with Crippen molar-refractivity contribution in [3.8, 4) is 16.9 Å². The molecule has 3 heterocycles. The molecule has 2 unspecified atom stereocenters. The Balaban J connectivity index is 1.58. The summed E-state index contributed by atoms with van der Waals surface area (Å²) in [6.45, 7) is 0. The highest BCUT2D eigenvalue weighted by atomic mass is 16.5. The molecule has 2 aliphatic rings. The largest absolute Gasteiger partial charge is 0.497 e. The molecule has 0 saturated carbocycles. The van der Waals surface area contributed by atoms with Crippen LogP contribution in [0.1, 0.15) is 46.4 Å². The normalized spacial score (nSPS) is 20.6. The third-order valence-corrected chi connectivity index (χ3v) is 5.74. The lowest BCUT2D eigenvalue weighted by Gasteiger charge is -2.32. The van der Waals surface area contributed by atoms with Gasteiger partial charge in [-0.2, -0.15) is 5.10 Å². The van der Waals surface area contributed by atoms with Crippen molar-refractivity contribution in [1.29, 1.82) is 0 Å². The fourth-order valence-corrected chi connectivity index (χ4v) is 4.36. The van der Waals surface area contributed by atoms with Crippen molar-refractivity contribution in [2.45, 2.75) is 24.9 Å². The summed E-state index contributed by atoms with van der Waals surface area (Å²) in [7, 11) is 1.67. The van der Waals surface area contributed by atoms with Gasteiger partial charge in [0.05, 0.1) is 25.4 Å². The molecule has 2 aliphatic heterocycles. The fraction of sp³-hybridized carbons (Fsp3) is 0.217. The molecular formula is C23H21N3O2. The van der Waals surface area contributed by atoms with E-state index in [1.165, 1.54) is 0 Å². The Morgan fingerprint density at radius 3 is 2.71 bits per heavy atom. The summed E-state index contributed by atoms with van der Waals surface area (Å²) in [4.78, 5) is 15.5. The van der Waals surface area contributed by atoms with E-state index in [9.17, 15) is 4.79 Å². The lowest BCUT2D eigenvalue weighted by molar-refractivity contribution is 0.0635. The summed E-state index contributed by atoms with van der Waals surface area (Å²) in [5.74, 6) is 0.913. The number of H-pyrrole nitrogens is 1. The molecule has 1 N–H and O–H groups in total. The van der Waals surface area contributed by atoms with Gasteiger partial charge in [-0.3, -0.25) is 9.89 Å². The number of benzene rings is 2. The van der Waals surface area contributed by atoms with Gasteiger partial charge >= 0.3 is 0 Å². The molecule has 0 spiro atoms. The minimum absolute atomic E-state index is 0.00359. The number of methoxy groups -OCH3 is 1. The zero-order valence-electron chi connectivity index (χ0n) is 15.6. The SMILES string of the molecule is COc1cccc(C2CC=CCC3c4ccc(-c5cn[nH]c5)cc4C(=O)N23)c1. The minimum Gasteiger partial charge on any atom is -0.497 e. The molecule has 5 nitrogen and oxygen atoms in total. The van der Waals surface area contributed by atoms with Crippen LogP contribution in [0.3, 0.4) is 0 Å². The topological polar surface area (TPSA) is 58.2 Å². The summed E-state index contributed by atoms with van der Waals surface area (Å²) in [5.41, 5.74) is 5.00. The Bertz CT molecular complexity index is 1060. The van der Waals surface area contributed by atoms with Crippen LogP contribution < -0.4 is 4.74 Å². The van der Waals surface area contributed by atoms with Crippen molar-refractivity contribution < 1.29 is 9.53 Å². The highest BCUT2D eigenvalue weighted by molar-refractivity contribution is 6.00. The Labute approximate surface area is 163 Å². The number of aromatic nitrogens is 2. The second-order valence-corrected chi connectivity index (χ2v) is 7.25. The molecule has 2 aromatic carbocycles. The number of fused-ring (bicyclic) bond motifs is 3. The molecular weight excluding hydrogens is 350 g/mol. The van der Waals surface area contributed by atoms with Crippen molar-refractivity contribution in [2.24, 2.45) is 0 Å². The average Bonchev–Trinajstić information content (AvgIpc) is 3.29. The van der Waals surface area contributed by atoms with Gasteiger partial charge in [0.25, 0.3) is 5.91 Å². The highest BCUT2D eigenvalue weighted by Crippen LogP contribution is 2.45. The Hall–Kier alpha value is -3.34. The van der Waals surface area contributed by atoms with Gasteiger partial charge in [-0.15, -0.1) is 0 Å². The number of rotatable bonds is 3. The zero-order chi connectivity index (χ0) is 19.1. The van der Waals surface area contributed by atoms with Crippen LogP contribution in [0.4, 0.5) is 0 Å². The van der Waals surface area contributed by atoms with E-state index in [4.69, 9.17) is 4.74 Å². The minimum atomic E-state index is -0.00359. The maximum Gasteiger partial charge on any atom is 0.255 e. The molecule has 28 heavy (non-hydrogen) atoms. The van der Waals surface area contributed by atoms with E-state index < -0.39 is 0 Å². The Kier molecular flexibility index (Phi) is 4.01. The maximum absolute atomic E-state index is 13.5. The molecule has 0 radical (unpaired) electrons. The molecule has 0 bridgehead atoms. The standard InChI is InChI=1S/C23H21N3O2/c1-28-18-6-4-5-16(11-18)21-7-2-3-8-22-19-10-9-15(17-13-24-25-14-17)12-20(19)23(27)26(21)22/h2-6,9-14,21-22H,7-8H2,1H3,(H,24,25). The molecule has 2 atom stereocenters. The highest BCUT2D eigenvalue weighted by Gasteiger charge is 2.41. The Morgan fingerprint density at radius 1 is 1.07 bits per heavy atom. The van der Waals surface area contributed by atoms with E-state index in [-0.39, 0.29) is 18.0 Å². The van der Waals surface area contributed by atoms with Gasteiger partial charge in [0.1, 0.15) is 5.75 Å². The number of nitrogens with one attached hydrogen (secondary N) is 1. The number of aromatic amines is 1. The van der Waals surface area contributed by atoms with Crippen LogP contribution in [0.5, 0.6) is 5.75 Å². The van der Waals surface area contributed by atoms with Crippen molar-refractivity contribution in [3.63, 3.8) is 0 Å². The number of hydrogen-bond acceptors (Lipinski definition) is 3. The molecule has 0 aliphatic carbocycles. The molecule has 5 heteroatoms. The second kappa shape index (κ2) is 6.68. The molecule has 1 amide bonds. The van der Waals surface area contributed by atoms with E-state index >= 15 is 0 Å². The van der Waals surface area contributed by atoms with Gasteiger partial charge in [0.15, 0.2) is 0 Å². The number of carbonyl (C=O) groups is 1. The van der Waals surface area contributed by atoms with Crippen LogP contribution in [-0.4, -0.2) is 28.1 Å². The zero-order valence-corrected chi connectivity index (χ0v) is 15.6. The lowest BCUT2D eigenvalue weighted by Crippen LogP contribution is -2.31. The summed E-state index contributed by atoms with van der Waals surface area (Å²) < 4.78 is 5.40.